The van der Waals surface area contributed by atoms with Crippen LogP contribution in [0.15, 0.2) is 473 Å². The number of rotatable bonds is 11. The molecule has 30 aromatic rings. The Morgan fingerprint density at radius 1 is 0.169 bits per heavy atom. The largest absolute Gasteiger partial charge is 0.433 e. The zero-order valence-electron chi connectivity index (χ0n) is 72.5. The second-order valence-corrected chi connectivity index (χ2v) is 34.7. The van der Waals surface area contributed by atoms with Gasteiger partial charge < -0.3 is 49.0 Å². The Morgan fingerprint density at radius 2 is 0.463 bits per heavy atom. The lowest BCUT2D eigenvalue weighted by Crippen LogP contribution is -1.99. The van der Waals surface area contributed by atoms with Crippen molar-refractivity contribution in [3.8, 4) is 101 Å². The minimum absolute atomic E-state index is 0.545. The van der Waals surface area contributed by atoms with Crippen LogP contribution >= 0.6 is 0 Å². The zero-order chi connectivity index (χ0) is 89.2. The molecule has 0 atom stereocenters. The van der Waals surface area contributed by atoms with Gasteiger partial charge in [-0.05, 0) is 262 Å². The maximum atomic E-state index is 5.87. The van der Waals surface area contributed by atoms with Gasteiger partial charge in [-0.2, -0.15) is 0 Å². The molecule has 0 saturated carbocycles. The van der Waals surface area contributed by atoms with E-state index in [9.17, 15) is 0 Å². The fourth-order valence-electron chi connectivity index (χ4n) is 20.8. The molecule has 0 saturated heterocycles. The molecule has 14 heteroatoms. The normalized spacial score (nSPS) is 12.0. The first-order valence-electron chi connectivity index (χ1n) is 45.4. The summed E-state index contributed by atoms with van der Waals surface area (Å²) in [4.78, 5) is 10.0. The van der Waals surface area contributed by atoms with Crippen LogP contribution in [-0.2, 0) is 0 Å². The molecule has 0 radical (unpaired) electrons. The van der Waals surface area contributed by atoms with Crippen LogP contribution in [0.5, 0.6) is 0 Å². The monoisotopic (exact) mass is 1750 g/mol. The van der Waals surface area contributed by atoms with Gasteiger partial charge in [-0.1, -0.05) is 200 Å². The molecule has 14 heterocycles. The van der Waals surface area contributed by atoms with Crippen molar-refractivity contribution in [1.29, 1.82) is 0 Å². The van der Waals surface area contributed by atoms with Gasteiger partial charge in [-0.25, -0.2) is 4.98 Å². The molecule has 0 spiro atoms. The molecular weight excluding hydrogens is 1680 g/mol. The van der Waals surface area contributed by atoms with E-state index < -0.39 is 0 Å². The van der Waals surface area contributed by atoms with E-state index in [2.05, 4.69) is 376 Å². The van der Waals surface area contributed by atoms with Gasteiger partial charge in [0.1, 0.15) is 28.1 Å². The number of para-hydroxylation sites is 6. The number of nitrogens with zero attached hydrogens (tertiary/aromatic N) is 6. The average Bonchev–Trinajstić information content (AvgIpc) is 1.57. The fourth-order valence-corrected chi connectivity index (χ4v) is 20.8. The van der Waals surface area contributed by atoms with Gasteiger partial charge in [0.25, 0.3) is 23.1 Å². The topological polar surface area (TPSA) is 151 Å². The Hall–Kier alpha value is -18.7. The quantitative estimate of drug-likeness (QED) is 0.122. The third kappa shape index (κ3) is 12.4. The van der Waals surface area contributed by atoms with Crippen molar-refractivity contribution >= 4 is 176 Å². The van der Waals surface area contributed by atoms with E-state index in [1.54, 1.807) is 25.1 Å². The van der Waals surface area contributed by atoms with E-state index in [1.165, 1.54) is 76.2 Å². The maximum absolute atomic E-state index is 5.87. The van der Waals surface area contributed by atoms with Crippen molar-refractivity contribution < 1.29 is 35.3 Å². The Labute approximate surface area is 773 Å². The van der Waals surface area contributed by atoms with Crippen molar-refractivity contribution in [1.82, 2.24) is 28.2 Å². The summed E-state index contributed by atoms with van der Waals surface area (Å²) in [5, 5.41) is 18.0. The second-order valence-electron chi connectivity index (χ2n) is 34.7. The van der Waals surface area contributed by atoms with Gasteiger partial charge in [0.15, 0.2) is 0 Å². The smallest absolute Gasteiger partial charge is 0.298 e. The summed E-state index contributed by atoms with van der Waals surface area (Å²) in [6.07, 6.45) is 8.54. The van der Waals surface area contributed by atoms with Gasteiger partial charge in [-0.3, -0.25) is 9.55 Å². The van der Waals surface area contributed by atoms with Gasteiger partial charge in [0.05, 0.1) is 102 Å². The Bertz CT molecular complexity index is 9420. The molecule has 0 aliphatic heterocycles. The Morgan fingerprint density at radius 3 is 0.875 bits per heavy atom. The number of benzene rings is 16. The third-order valence-corrected chi connectivity index (χ3v) is 27.1. The molecule has 0 unspecified atom stereocenters. The van der Waals surface area contributed by atoms with Crippen LogP contribution in [0.25, 0.3) is 277 Å². The van der Waals surface area contributed by atoms with Crippen molar-refractivity contribution in [3.63, 3.8) is 0 Å². The molecule has 30 rings (SSSR count). The molecule has 638 valence electrons. The van der Waals surface area contributed by atoms with E-state index in [0.29, 0.717) is 23.1 Å². The number of aromatic nitrogens is 6. The first kappa shape index (κ1) is 76.2. The van der Waals surface area contributed by atoms with Crippen LogP contribution in [0.2, 0.25) is 0 Å². The van der Waals surface area contributed by atoms with Crippen LogP contribution in [0.1, 0.15) is 0 Å². The minimum atomic E-state index is 0.545. The van der Waals surface area contributed by atoms with Crippen molar-refractivity contribution in [2.24, 2.45) is 0 Å². The van der Waals surface area contributed by atoms with Crippen LogP contribution in [0, 0.1) is 0 Å². The van der Waals surface area contributed by atoms with E-state index in [-0.39, 0.29) is 0 Å². The lowest BCUT2D eigenvalue weighted by atomic mass is 9.95. The van der Waals surface area contributed by atoms with Crippen molar-refractivity contribution in [2.75, 3.05) is 0 Å². The highest BCUT2D eigenvalue weighted by Crippen LogP contribution is 2.45. The SMILES string of the molecule is c1cc(-c2ccc3oc4occc4c3c2)cc(-c2cccc(-n3c4ccccc4c4cc(-n5c6ccccc6c6ccccc65)ccc43)n2)c1.c1cc(-c2cccc(-c3ccc4oc5occc5c4c3)c2)cc(-c2ccc3oc4occc4c3c2)c1.c1cc(-c2ccnc(-c3ccc4oc5occc5c4c3)c2)cc(-n2c3ccccc3c3cc(-n4c5ccccc5c5ccccc54)ccc32)c1. The van der Waals surface area contributed by atoms with E-state index in [4.69, 9.17) is 45.3 Å². The van der Waals surface area contributed by atoms with Crippen LogP contribution in [-0.4, -0.2) is 28.2 Å². The molecule has 0 amide bonds. The van der Waals surface area contributed by atoms with Gasteiger partial charge in [0, 0.05) is 99.0 Å². The summed E-state index contributed by atoms with van der Waals surface area (Å²) in [6, 6.07) is 144. The number of hydrogen-bond acceptors (Lipinski definition) is 10. The van der Waals surface area contributed by atoms with Crippen molar-refractivity contribution in [2.45, 2.75) is 0 Å². The van der Waals surface area contributed by atoms with Crippen molar-refractivity contribution in [3.05, 3.63) is 438 Å². The lowest BCUT2D eigenvalue weighted by Gasteiger charge is -2.12. The molecule has 16 aromatic carbocycles. The summed E-state index contributed by atoms with van der Waals surface area (Å²) >= 11 is 0. The van der Waals surface area contributed by atoms with Gasteiger partial charge in [0.2, 0.25) is 0 Å². The highest BCUT2D eigenvalue weighted by molar-refractivity contribution is 6.16. The highest BCUT2D eigenvalue weighted by atomic mass is 16.5. The summed E-state index contributed by atoms with van der Waals surface area (Å²) in [7, 11) is 0. The van der Waals surface area contributed by atoms with E-state index in [1.807, 2.05) is 54.7 Å². The molecular formula is C122H72N6O8. The van der Waals surface area contributed by atoms with Gasteiger partial charge >= 0.3 is 0 Å². The predicted octanol–water partition coefficient (Wildman–Crippen LogP) is 33.9. The summed E-state index contributed by atoms with van der Waals surface area (Å²) in [5.74, 6) is 3.11. The molecule has 14 aromatic heterocycles. The number of fused-ring (bicyclic) bond motifs is 24. The molecule has 0 fully saturated rings. The number of hydrogen-bond donors (Lipinski definition) is 0. The standard InChI is InChI=1S/2C45H27N3O2.C32H18O4/c1-4-15-39-32(11-1)33-12-2-5-16-40(33)47(39)31-20-21-42-36(27-31)34-13-3-6-17-41(34)48(42)44-18-8-14-38(46-44)30-10-7-9-28(25-30)29-19-22-43-37(26-29)35-23-24-49-45(35)50-43;1-4-13-40-33(10-1)34-11-2-5-14-41(34)48(40)32-17-18-43-37(27-32)35-12-3-6-15-42(35)47(43)31-9-7-8-28(24-31)29-20-22-46-39(26-29)30-16-19-44-38(25-30)36-21-23-49-45(36)50-44;1-3-19(15-21(5-1)23-7-9-29-27(17-23)25-11-13-33-31(25)35-29)20-4-2-6-22(16-20)24-8-10-30-28(18-24)26-12-14-34-32(26)36-30/h2*1-27H;1-18H. The molecule has 0 aliphatic carbocycles. The molecule has 0 N–H and O–H groups in total. The summed E-state index contributed by atoms with van der Waals surface area (Å²) in [5.41, 5.74) is 31.4. The minimum Gasteiger partial charge on any atom is -0.433 e. The Balaban J connectivity index is 0.000000103. The molecule has 136 heavy (non-hydrogen) atoms. The fraction of sp³-hybridized carbons (Fsp3) is 0. The maximum Gasteiger partial charge on any atom is 0.298 e. The summed E-state index contributed by atoms with van der Waals surface area (Å²) < 4.78 is 54.6. The summed E-state index contributed by atoms with van der Waals surface area (Å²) in [6.45, 7) is 0. The van der Waals surface area contributed by atoms with Crippen LogP contribution in [0.4, 0.5) is 0 Å². The first-order valence-corrected chi connectivity index (χ1v) is 45.4. The zero-order valence-corrected chi connectivity index (χ0v) is 72.5. The highest BCUT2D eigenvalue weighted by Gasteiger charge is 2.24. The molecule has 14 nitrogen and oxygen atoms in total. The molecule has 0 bridgehead atoms. The predicted molar refractivity (Wildman–Crippen MR) is 549 cm³/mol. The first-order chi connectivity index (χ1) is 67.4. The molecule has 0 aliphatic rings. The number of pyridine rings is 2. The second kappa shape index (κ2) is 30.5. The Kier molecular flexibility index (Phi) is 17.1. The number of furan rings is 8. The van der Waals surface area contributed by atoms with E-state index in [0.717, 1.165) is 177 Å². The van der Waals surface area contributed by atoms with E-state index >= 15 is 0 Å². The average molecular weight is 1750 g/mol. The lowest BCUT2D eigenvalue weighted by molar-refractivity contribution is 0.498. The van der Waals surface area contributed by atoms with Gasteiger partial charge in [-0.15, -0.1) is 0 Å². The van der Waals surface area contributed by atoms with Crippen LogP contribution in [0.3, 0.4) is 0 Å². The third-order valence-electron chi connectivity index (χ3n) is 27.1. The van der Waals surface area contributed by atoms with Crippen LogP contribution < -0.4 is 0 Å².